The maximum Gasteiger partial charge on any atom is 0.234 e. The van der Waals surface area contributed by atoms with Crippen LogP contribution in [0.4, 0.5) is 5.69 Å². The molecule has 0 atom stereocenters. The Morgan fingerprint density at radius 3 is 2.88 bits per heavy atom. The summed E-state index contributed by atoms with van der Waals surface area (Å²) < 4.78 is 5.62. The normalized spacial score (nSPS) is 16.5. The van der Waals surface area contributed by atoms with Crippen molar-refractivity contribution in [1.29, 1.82) is 0 Å². The number of aliphatic hydroxyl groups excluding tert-OH is 1. The number of amides is 1. The van der Waals surface area contributed by atoms with Gasteiger partial charge < -0.3 is 15.2 Å². The fourth-order valence-corrected chi connectivity index (χ4v) is 2.04. The van der Waals surface area contributed by atoms with E-state index in [-0.39, 0.29) is 12.5 Å². The zero-order valence-corrected chi connectivity index (χ0v) is 10.1. The Hall–Kier alpha value is -1.55. The smallest absolute Gasteiger partial charge is 0.234 e. The first-order valence-corrected chi connectivity index (χ1v) is 5.76. The van der Waals surface area contributed by atoms with E-state index in [0.29, 0.717) is 13.0 Å². The number of benzene rings is 1. The Labute approximate surface area is 101 Å². The number of fused-ring (bicyclic) bond motifs is 1. The molecule has 0 aliphatic carbocycles. The Balaban J connectivity index is 2.31. The van der Waals surface area contributed by atoms with Crippen LogP contribution in [0.5, 0.6) is 5.75 Å². The number of carbonyl (C=O) groups is 1. The van der Waals surface area contributed by atoms with Gasteiger partial charge in [0, 0.05) is 24.3 Å². The Kier molecular flexibility index (Phi) is 3.07. The van der Waals surface area contributed by atoms with Crippen molar-refractivity contribution in [2.75, 3.05) is 18.5 Å². The molecule has 1 aromatic carbocycles. The molecule has 0 aromatic heterocycles. The quantitative estimate of drug-likeness (QED) is 0.781. The molecule has 0 unspecified atom stereocenters. The van der Waals surface area contributed by atoms with E-state index in [1.165, 1.54) is 0 Å². The highest BCUT2D eigenvalue weighted by molar-refractivity contribution is 6.06. The largest absolute Gasteiger partial charge is 0.493 e. The average Bonchev–Trinajstić information content (AvgIpc) is 2.51. The van der Waals surface area contributed by atoms with Crippen molar-refractivity contribution in [3.8, 4) is 5.75 Å². The standard InChI is InChI=1S/C13H17NO3/c1-13(2)11-9(14-12(13)16)5-3-6-10(11)17-8-4-7-15/h3,5-6,15H,4,7-8H2,1-2H3,(H,14,16). The van der Waals surface area contributed by atoms with Crippen molar-refractivity contribution in [3.63, 3.8) is 0 Å². The van der Waals surface area contributed by atoms with Crippen LogP contribution in [0.1, 0.15) is 25.8 Å². The number of anilines is 1. The van der Waals surface area contributed by atoms with Gasteiger partial charge in [-0.15, -0.1) is 0 Å². The van der Waals surface area contributed by atoms with E-state index < -0.39 is 5.41 Å². The van der Waals surface area contributed by atoms with Crippen LogP contribution in [0.25, 0.3) is 0 Å². The Morgan fingerprint density at radius 2 is 2.18 bits per heavy atom. The Morgan fingerprint density at radius 1 is 1.41 bits per heavy atom. The summed E-state index contributed by atoms with van der Waals surface area (Å²) in [4.78, 5) is 11.8. The SMILES string of the molecule is CC1(C)C(=O)Nc2cccc(OCCCO)c21. The van der Waals surface area contributed by atoms with Gasteiger partial charge in [-0.2, -0.15) is 0 Å². The molecule has 4 heteroatoms. The van der Waals surface area contributed by atoms with E-state index in [4.69, 9.17) is 9.84 Å². The highest BCUT2D eigenvalue weighted by Gasteiger charge is 2.40. The molecule has 1 aliphatic rings. The van der Waals surface area contributed by atoms with Gasteiger partial charge >= 0.3 is 0 Å². The van der Waals surface area contributed by atoms with E-state index in [9.17, 15) is 4.79 Å². The average molecular weight is 235 g/mol. The molecular formula is C13H17NO3. The van der Waals surface area contributed by atoms with Crippen LogP contribution in [0.15, 0.2) is 18.2 Å². The van der Waals surface area contributed by atoms with Crippen molar-refractivity contribution in [2.45, 2.75) is 25.7 Å². The molecule has 92 valence electrons. The zero-order chi connectivity index (χ0) is 12.5. The van der Waals surface area contributed by atoms with Crippen molar-refractivity contribution in [3.05, 3.63) is 23.8 Å². The second kappa shape index (κ2) is 4.37. The molecule has 0 saturated carbocycles. The molecule has 0 spiro atoms. The summed E-state index contributed by atoms with van der Waals surface area (Å²) in [7, 11) is 0. The third-order valence-electron chi connectivity index (χ3n) is 3.03. The first-order chi connectivity index (χ1) is 8.07. The second-order valence-electron chi connectivity index (χ2n) is 4.68. The van der Waals surface area contributed by atoms with Crippen LogP contribution in [-0.2, 0) is 10.2 Å². The highest BCUT2D eigenvalue weighted by Crippen LogP contribution is 2.43. The molecule has 1 aliphatic heterocycles. The number of carbonyl (C=O) groups excluding carboxylic acids is 1. The van der Waals surface area contributed by atoms with Crippen molar-refractivity contribution in [2.24, 2.45) is 0 Å². The van der Waals surface area contributed by atoms with E-state index in [1.54, 1.807) is 0 Å². The van der Waals surface area contributed by atoms with Crippen LogP contribution in [0.2, 0.25) is 0 Å². The number of aliphatic hydroxyl groups is 1. The third-order valence-corrected chi connectivity index (χ3v) is 3.03. The molecule has 0 fully saturated rings. The summed E-state index contributed by atoms with van der Waals surface area (Å²) in [6.07, 6.45) is 0.589. The minimum atomic E-state index is -0.564. The van der Waals surface area contributed by atoms with Gasteiger partial charge in [0.05, 0.1) is 12.0 Å². The summed E-state index contributed by atoms with van der Waals surface area (Å²) in [5.41, 5.74) is 1.16. The first kappa shape index (κ1) is 11.9. The molecule has 2 N–H and O–H groups in total. The topological polar surface area (TPSA) is 58.6 Å². The van der Waals surface area contributed by atoms with Gasteiger partial charge in [-0.05, 0) is 26.0 Å². The van der Waals surface area contributed by atoms with Crippen molar-refractivity contribution in [1.82, 2.24) is 0 Å². The van der Waals surface area contributed by atoms with Gasteiger partial charge in [0.15, 0.2) is 0 Å². The second-order valence-corrected chi connectivity index (χ2v) is 4.68. The van der Waals surface area contributed by atoms with Crippen LogP contribution in [-0.4, -0.2) is 24.2 Å². The lowest BCUT2D eigenvalue weighted by molar-refractivity contribution is -0.119. The summed E-state index contributed by atoms with van der Waals surface area (Å²) in [6, 6.07) is 5.59. The van der Waals surface area contributed by atoms with Crippen molar-refractivity contribution >= 4 is 11.6 Å². The minimum absolute atomic E-state index is 0.00860. The molecule has 0 saturated heterocycles. The molecule has 4 nitrogen and oxygen atoms in total. The minimum Gasteiger partial charge on any atom is -0.493 e. The lowest BCUT2D eigenvalue weighted by atomic mass is 9.85. The van der Waals surface area contributed by atoms with E-state index in [0.717, 1.165) is 17.0 Å². The fraction of sp³-hybridized carbons (Fsp3) is 0.462. The monoisotopic (exact) mass is 235 g/mol. The maximum atomic E-state index is 11.8. The predicted octanol–water partition coefficient (Wildman–Crippen LogP) is 1.68. The molecule has 1 amide bonds. The van der Waals surface area contributed by atoms with Gasteiger partial charge in [-0.1, -0.05) is 6.07 Å². The summed E-state index contributed by atoms with van der Waals surface area (Å²) in [6.45, 7) is 4.33. The summed E-state index contributed by atoms with van der Waals surface area (Å²) >= 11 is 0. The molecule has 0 radical (unpaired) electrons. The van der Waals surface area contributed by atoms with Gasteiger partial charge in [0.1, 0.15) is 5.75 Å². The molecule has 1 heterocycles. The van der Waals surface area contributed by atoms with Crippen LogP contribution in [0, 0.1) is 0 Å². The predicted molar refractivity (Wildman–Crippen MR) is 65.3 cm³/mol. The number of hydrogen-bond acceptors (Lipinski definition) is 3. The van der Waals surface area contributed by atoms with Gasteiger partial charge in [0.2, 0.25) is 5.91 Å². The van der Waals surface area contributed by atoms with Gasteiger partial charge in [-0.25, -0.2) is 0 Å². The number of hydrogen-bond donors (Lipinski definition) is 2. The zero-order valence-electron chi connectivity index (χ0n) is 10.1. The highest BCUT2D eigenvalue weighted by atomic mass is 16.5. The van der Waals surface area contributed by atoms with Crippen LogP contribution < -0.4 is 10.1 Å². The lowest BCUT2D eigenvalue weighted by Crippen LogP contribution is -2.27. The van der Waals surface area contributed by atoms with E-state index in [1.807, 2.05) is 32.0 Å². The molecule has 0 bridgehead atoms. The maximum absolute atomic E-state index is 11.8. The number of ether oxygens (including phenoxy) is 1. The summed E-state index contributed by atoms with van der Waals surface area (Å²) in [5.74, 6) is 0.713. The third kappa shape index (κ3) is 2.00. The lowest BCUT2D eigenvalue weighted by Gasteiger charge is -2.19. The van der Waals surface area contributed by atoms with E-state index >= 15 is 0 Å². The fourth-order valence-electron chi connectivity index (χ4n) is 2.04. The van der Waals surface area contributed by atoms with E-state index in [2.05, 4.69) is 5.32 Å². The van der Waals surface area contributed by atoms with Gasteiger partial charge in [0.25, 0.3) is 0 Å². The number of nitrogens with one attached hydrogen (secondary N) is 1. The van der Waals surface area contributed by atoms with Crippen LogP contribution in [0.3, 0.4) is 0 Å². The van der Waals surface area contributed by atoms with Crippen molar-refractivity contribution < 1.29 is 14.6 Å². The summed E-state index contributed by atoms with van der Waals surface area (Å²) in [5, 5.41) is 11.6. The first-order valence-electron chi connectivity index (χ1n) is 5.76. The molecule has 2 rings (SSSR count). The molecule has 17 heavy (non-hydrogen) atoms. The van der Waals surface area contributed by atoms with Crippen LogP contribution >= 0.6 is 0 Å². The molecule has 1 aromatic rings. The van der Waals surface area contributed by atoms with Gasteiger partial charge in [-0.3, -0.25) is 4.79 Å². The number of rotatable bonds is 4. The molecular weight excluding hydrogens is 218 g/mol. The Bertz CT molecular complexity index is 440.